The van der Waals surface area contributed by atoms with Crippen molar-refractivity contribution in [1.29, 1.82) is 0 Å². The lowest BCUT2D eigenvalue weighted by Gasteiger charge is -2.15. The molecule has 0 saturated heterocycles. The minimum Gasteiger partial charge on any atom is -0.350 e. The Labute approximate surface area is 103 Å². The Kier molecular flexibility index (Phi) is 3.62. The number of nitrogens with one attached hydrogen (secondary N) is 1. The number of benzene rings is 1. The van der Waals surface area contributed by atoms with E-state index in [1.165, 1.54) is 17.2 Å². The smallest absolute Gasteiger partial charge is 0.243 e. The van der Waals surface area contributed by atoms with Gasteiger partial charge in [0.25, 0.3) is 0 Å². The van der Waals surface area contributed by atoms with Crippen LogP contribution in [-0.2, 0) is 11.2 Å². The van der Waals surface area contributed by atoms with Crippen LogP contribution in [0.2, 0.25) is 0 Å². The fourth-order valence-corrected chi connectivity index (χ4v) is 2.56. The Morgan fingerprint density at radius 1 is 1.41 bits per heavy atom. The van der Waals surface area contributed by atoms with Gasteiger partial charge in [0, 0.05) is 6.04 Å². The summed E-state index contributed by atoms with van der Waals surface area (Å²) in [7, 11) is 0. The van der Waals surface area contributed by atoms with E-state index < -0.39 is 0 Å². The van der Waals surface area contributed by atoms with Crippen LogP contribution in [0.3, 0.4) is 0 Å². The summed E-state index contributed by atoms with van der Waals surface area (Å²) in [6, 6.07) is 8.79. The maximum atomic E-state index is 11.4. The highest BCUT2D eigenvalue weighted by Crippen LogP contribution is 2.29. The van der Waals surface area contributed by atoms with Crippen molar-refractivity contribution in [1.82, 2.24) is 5.32 Å². The fraction of sp³-hybridized carbons (Fsp3) is 0.400. The minimum absolute atomic E-state index is 0.0676. The minimum atomic E-state index is -0.0676. The lowest BCUT2D eigenvalue weighted by molar-refractivity contribution is -0.117. The number of carbonyl (C=O) groups excluding carboxylic acids is 1. The monoisotopic (exact) mass is 229 g/mol. The van der Waals surface area contributed by atoms with E-state index >= 15 is 0 Å². The maximum Gasteiger partial charge on any atom is 0.243 e. The van der Waals surface area contributed by atoms with Gasteiger partial charge in [0.2, 0.25) is 5.91 Å². The van der Waals surface area contributed by atoms with Crippen LogP contribution in [0.1, 0.15) is 36.8 Å². The van der Waals surface area contributed by atoms with Crippen molar-refractivity contribution in [2.75, 3.05) is 0 Å². The number of hydrogen-bond donors (Lipinski definition) is 1. The molecule has 2 atom stereocenters. The topological polar surface area (TPSA) is 29.1 Å². The van der Waals surface area contributed by atoms with Crippen molar-refractivity contribution in [3.63, 3.8) is 0 Å². The first-order valence-electron chi connectivity index (χ1n) is 6.21. The van der Waals surface area contributed by atoms with E-state index in [0.717, 1.165) is 19.3 Å². The predicted octanol–water partition coefficient (Wildman–Crippen LogP) is 2.80. The second-order valence-corrected chi connectivity index (χ2v) is 4.79. The number of rotatable bonds is 2. The van der Waals surface area contributed by atoms with Crippen LogP contribution >= 0.6 is 0 Å². The first-order valence-corrected chi connectivity index (χ1v) is 6.21. The van der Waals surface area contributed by atoms with Crippen LogP contribution < -0.4 is 5.32 Å². The molecule has 0 aromatic heterocycles. The Balaban J connectivity index is 2.17. The first kappa shape index (κ1) is 11.9. The van der Waals surface area contributed by atoms with Gasteiger partial charge in [0.05, 0.1) is 0 Å². The zero-order chi connectivity index (χ0) is 12.3. The molecule has 2 rings (SSSR count). The normalized spacial score (nSPS) is 23.4. The highest BCUT2D eigenvalue weighted by atomic mass is 16.1. The van der Waals surface area contributed by atoms with Gasteiger partial charge in [-0.2, -0.15) is 0 Å². The van der Waals surface area contributed by atoms with Crippen molar-refractivity contribution in [3.8, 4) is 0 Å². The Morgan fingerprint density at radius 2 is 2.18 bits per heavy atom. The fourth-order valence-electron chi connectivity index (χ4n) is 2.56. The SMILES string of the molecule is C=CC(=O)NC1CCC(C)c2ccccc2C1. The number of fused-ring (bicyclic) bond motifs is 1. The van der Waals surface area contributed by atoms with E-state index in [4.69, 9.17) is 0 Å². The summed E-state index contributed by atoms with van der Waals surface area (Å²) in [4.78, 5) is 11.4. The molecule has 0 heterocycles. The molecule has 2 heteroatoms. The number of amides is 1. The molecule has 0 bridgehead atoms. The molecule has 0 fully saturated rings. The first-order chi connectivity index (χ1) is 8.20. The molecule has 0 radical (unpaired) electrons. The lowest BCUT2D eigenvalue weighted by atomic mass is 9.95. The van der Waals surface area contributed by atoms with Crippen molar-refractivity contribution < 1.29 is 4.79 Å². The van der Waals surface area contributed by atoms with Gasteiger partial charge in [0.15, 0.2) is 0 Å². The van der Waals surface area contributed by atoms with Gasteiger partial charge in [-0.1, -0.05) is 37.8 Å². The highest BCUT2D eigenvalue weighted by Gasteiger charge is 2.21. The van der Waals surface area contributed by atoms with Crippen molar-refractivity contribution >= 4 is 5.91 Å². The van der Waals surface area contributed by atoms with E-state index in [1.807, 2.05) is 0 Å². The molecule has 1 aliphatic rings. The molecule has 0 spiro atoms. The van der Waals surface area contributed by atoms with Gasteiger partial charge in [-0.05, 0) is 42.4 Å². The van der Waals surface area contributed by atoms with Crippen LogP contribution in [0.4, 0.5) is 0 Å². The molecule has 1 N–H and O–H groups in total. The van der Waals surface area contributed by atoms with Crippen LogP contribution in [0, 0.1) is 0 Å². The molecule has 2 nitrogen and oxygen atoms in total. The third kappa shape index (κ3) is 2.76. The van der Waals surface area contributed by atoms with E-state index in [0.29, 0.717) is 5.92 Å². The summed E-state index contributed by atoms with van der Waals surface area (Å²) in [6.07, 6.45) is 4.44. The summed E-state index contributed by atoms with van der Waals surface area (Å²) in [5, 5.41) is 3.01. The van der Waals surface area contributed by atoms with E-state index in [1.54, 1.807) is 0 Å². The predicted molar refractivity (Wildman–Crippen MR) is 69.9 cm³/mol. The van der Waals surface area contributed by atoms with Crippen LogP contribution in [-0.4, -0.2) is 11.9 Å². The van der Waals surface area contributed by atoms with Gasteiger partial charge in [-0.3, -0.25) is 4.79 Å². The van der Waals surface area contributed by atoms with E-state index in [2.05, 4.69) is 43.1 Å². The molecular weight excluding hydrogens is 210 g/mol. The van der Waals surface area contributed by atoms with E-state index in [-0.39, 0.29) is 11.9 Å². The van der Waals surface area contributed by atoms with Gasteiger partial charge >= 0.3 is 0 Å². The lowest BCUT2D eigenvalue weighted by Crippen LogP contribution is -2.34. The summed E-state index contributed by atoms with van der Waals surface area (Å²) >= 11 is 0. The van der Waals surface area contributed by atoms with Gasteiger partial charge < -0.3 is 5.32 Å². The molecule has 0 saturated carbocycles. The van der Waals surface area contributed by atoms with Crippen molar-refractivity contribution in [3.05, 3.63) is 48.0 Å². The molecule has 90 valence electrons. The van der Waals surface area contributed by atoms with Crippen molar-refractivity contribution in [2.45, 2.75) is 38.1 Å². The third-order valence-corrected chi connectivity index (χ3v) is 3.53. The standard InChI is InChI=1S/C15H19NO/c1-3-15(17)16-13-9-8-11(2)14-7-5-4-6-12(14)10-13/h3-7,11,13H,1,8-10H2,2H3,(H,16,17). The van der Waals surface area contributed by atoms with Crippen LogP contribution in [0.5, 0.6) is 0 Å². The van der Waals surface area contributed by atoms with Crippen molar-refractivity contribution in [2.24, 2.45) is 0 Å². The zero-order valence-corrected chi connectivity index (χ0v) is 10.3. The van der Waals surface area contributed by atoms with Crippen LogP contribution in [0.15, 0.2) is 36.9 Å². The third-order valence-electron chi connectivity index (χ3n) is 3.53. The molecule has 2 unspecified atom stereocenters. The summed E-state index contributed by atoms with van der Waals surface area (Å²) in [6.45, 7) is 5.76. The second-order valence-electron chi connectivity index (χ2n) is 4.79. The molecule has 1 aromatic rings. The highest BCUT2D eigenvalue weighted by molar-refractivity contribution is 5.87. The molecule has 1 aromatic carbocycles. The Hall–Kier alpha value is -1.57. The largest absolute Gasteiger partial charge is 0.350 e. The Morgan fingerprint density at radius 3 is 2.94 bits per heavy atom. The Bertz CT molecular complexity index is 425. The molecule has 1 aliphatic carbocycles. The second kappa shape index (κ2) is 5.17. The van der Waals surface area contributed by atoms with Gasteiger partial charge in [0.1, 0.15) is 0 Å². The zero-order valence-electron chi connectivity index (χ0n) is 10.3. The molecular formula is C15H19NO. The quantitative estimate of drug-likeness (QED) is 0.613. The number of hydrogen-bond acceptors (Lipinski definition) is 1. The summed E-state index contributed by atoms with van der Waals surface area (Å²) < 4.78 is 0. The summed E-state index contributed by atoms with van der Waals surface area (Å²) in [5.74, 6) is 0.513. The average molecular weight is 229 g/mol. The molecule has 1 amide bonds. The number of carbonyl (C=O) groups is 1. The van der Waals surface area contributed by atoms with E-state index in [9.17, 15) is 4.79 Å². The molecule has 0 aliphatic heterocycles. The maximum absolute atomic E-state index is 11.4. The van der Waals surface area contributed by atoms with Crippen LogP contribution in [0.25, 0.3) is 0 Å². The summed E-state index contributed by atoms with van der Waals surface area (Å²) in [5.41, 5.74) is 2.80. The average Bonchev–Trinajstić information content (AvgIpc) is 2.50. The van der Waals surface area contributed by atoms with Gasteiger partial charge in [-0.15, -0.1) is 0 Å². The van der Waals surface area contributed by atoms with Gasteiger partial charge in [-0.25, -0.2) is 0 Å². The molecule has 17 heavy (non-hydrogen) atoms.